The summed E-state index contributed by atoms with van der Waals surface area (Å²) in [6.07, 6.45) is 0.909. The Hall–Kier alpha value is -1.75. The van der Waals surface area contributed by atoms with Crippen LogP contribution in [0.1, 0.15) is 33.3 Å². The van der Waals surface area contributed by atoms with E-state index in [1.165, 1.54) is 5.56 Å². The number of aliphatic imine (C=N–C) groups is 1. The van der Waals surface area contributed by atoms with Crippen LogP contribution < -0.4 is 15.4 Å². The Morgan fingerprint density at radius 3 is 2.80 bits per heavy atom. The van der Waals surface area contributed by atoms with E-state index >= 15 is 0 Å². The molecule has 0 aliphatic carbocycles. The Kier molecular flexibility index (Phi) is 7.56. The minimum absolute atomic E-state index is 0.456. The molecule has 5 heteroatoms. The normalized spacial score (nSPS) is 21.6. The van der Waals surface area contributed by atoms with Crippen LogP contribution in [0.5, 0.6) is 5.75 Å². The SMILES string of the molecule is CCNC(=NCCc1cccc(OC)c1)NC1CN(C(C)C)CC1C. The van der Waals surface area contributed by atoms with Crippen molar-refractivity contribution in [2.45, 2.75) is 46.2 Å². The van der Waals surface area contributed by atoms with Crippen molar-refractivity contribution in [3.63, 3.8) is 0 Å². The summed E-state index contributed by atoms with van der Waals surface area (Å²) in [5, 5.41) is 7.01. The summed E-state index contributed by atoms with van der Waals surface area (Å²) in [6.45, 7) is 12.8. The molecule has 0 amide bonds. The first kappa shape index (κ1) is 19.6. The number of benzene rings is 1. The summed E-state index contributed by atoms with van der Waals surface area (Å²) in [5.41, 5.74) is 1.25. The molecule has 1 aromatic carbocycles. The van der Waals surface area contributed by atoms with E-state index in [-0.39, 0.29) is 0 Å². The van der Waals surface area contributed by atoms with Crippen molar-refractivity contribution in [1.29, 1.82) is 0 Å². The van der Waals surface area contributed by atoms with Crippen LogP contribution in [0.25, 0.3) is 0 Å². The minimum atomic E-state index is 0.456. The van der Waals surface area contributed by atoms with Gasteiger partial charge in [-0.15, -0.1) is 0 Å². The Labute approximate surface area is 152 Å². The zero-order valence-electron chi connectivity index (χ0n) is 16.4. The van der Waals surface area contributed by atoms with Gasteiger partial charge in [-0.2, -0.15) is 0 Å². The lowest BCUT2D eigenvalue weighted by Gasteiger charge is -2.22. The van der Waals surface area contributed by atoms with Gasteiger partial charge in [0, 0.05) is 38.3 Å². The van der Waals surface area contributed by atoms with E-state index in [4.69, 9.17) is 9.73 Å². The summed E-state index contributed by atoms with van der Waals surface area (Å²) in [6, 6.07) is 9.26. The number of rotatable bonds is 7. The molecule has 1 saturated heterocycles. The number of likely N-dealkylation sites (tertiary alicyclic amines) is 1. The molecular weight excluding hydrogens is 312 g/mol. The van der Waals surface area contributed by atoms with Crippen molar-refractivity contribution < 1.29 is 4.74 Å². The third-order valence-electron chi connectivity index (χ3n) is 4.84. The summed E-state index contributed by atoms with van der Waals surface area (Å²) in [5.74, 6) is 2.46. The Morgan fingerprint density at radius 2 is 2.16 bits per heavy atom. The molecule has 0 radical (unpaired) electrons. The van der Waals surface area contributed by atoms with E-state index in [0.29, 0.717) is 18.0 Å². The molecule has 1 aromatic rings. The van der Waals surface area contributed by atoms with Gasteiger partial charge >= 0.3 is 0 Å². The van der Waals surface area contributed by atoms with Crippen LogP contribution in [-0.2, 0) is 6.42 Å². The molecule has 1 fully saturated rings. The molecule has 0 spiro atoms. The second-order valence-electron chi connectivity index (χ2n) is 7.14. The minimum Gasteiger partial charge on any atom is -0.497 e. The molecule has 140 valence electrons. The summed E-state index contributed by atoms with van der Waals surface area (Å²) >= 11 is 0. The quantitative estimate of drug-likeness (QED) is 0.588. The standard InChI is InChI=1S/C20H34N4O/c1-6-21-20(23-19-14-24(15(2)3)13-16(19)4)22-11-10-17-8-7-9-18(12-17)25-5/h7-9,12,15-16,19H,6,10-11,13-14H2,1-5H3,(H2,21,22,23). The number of nitrogens with one attached hydrogen (secondary N) is 2. The van der Waals surface area contributed by atoms with Gasteiger partial charge in [-0.1, -0.05) is 19.1 Å². The molecule has 1 aliphatic heterocycles. The highest BCUT2D eigenvalue weighted by atomic mass is 16.5. The van der Waals surface area contributed by atoms with Gasteiger partial charge < -0.3 is 15.4 Å². The Bertz CT molecular complexity index is 558. The zero-order chi connectivity index (χ0) is 18.2. The Balaban J connectivity index is 1.91. The van der Waals surface area contributed by atoms with E-state index in [1.807, 2.05) is 12.1 Å². The van der Waals surface area contributed by atoms with Crippen molar-refractivity contribution in [3.05, 3.63) is 29.8 Å². The fourth-order valence-corrected chi connectivity index (χ4v) is 3.23. The summed E-state index contributed by atoms with van der Waals surface area (Å²) in [7, 11) is 1.70. The van der Waals surface area contributed by atoms with Crippen LogP contribution in [0, 0.1) is 5.92 Å². The molecule has 25 heavy (non-hydrogen) atoms. The maximum absolute atomic E-state index is 5.29. The maximum Gasteiger partial charge on any atom is 0.191 e. The van der Waals surface area contributed by atoms with Crippen molar-refractivity contribution in [3.8, 4) is 5.75 Å². The van der Waals surface area contributed by atoms with Crippen molar-refractivity contribution in [2.24, 2.45) is 10.9 Å². The van der Waals surface area contributed by atoms with Crippen LogP contribution in [0.2, 0.25) is 0 Å². The van der Waals surface area contributed by atoms with Crippen LogP contribution in [-0.4, -0.2) is 56.2 Å². The molecule has 2 unspecified atom stereocenters. The predicted molar refractivity (Wildman–Crippen MR) is 105 cm³/mol. The zero-order valence-corrected chi connectivity index (χ0v) is 16.4. The molecule has 0 bridgehead atoms. The fraction of sp³-hybridized carbons (Fsp3) is 0.650. The maximum atomic E-state index is 5.29. The van der Waals surface area contributed by atoms with Gasteiger partial charge in [-0.3, -0.25) is 9.89 Å². The largest absolute Gasteiger partial charge is 0.497 e. The van der Waals surface area contributed by atoms with Crippen LogP contribution in [0.4, 0.5) is 0 Å². The highest BCUT2D eigenvalue weighted by Crippen LogP contribution is 2.18. The predicted octanol–water partition coefficient (Wildman–Crippen LogP) is 2.52. The van der Waals surface area contributed by atoms with Gasteiger partial charge in [0.1, 0.15) is 5.75 Å². The van der Waals surface area contributed by atoms with Crippen LogP contribution in [0.3, 0.4) is 0 Å². The fourth-order valence-electron chi connectivity index (χ4n) is 3.23. The topological polar surface area (TPSA) is 48.9 Å². The van der Waals surface area contributed by atoms with E-state index in [9.17, 15) is 0 Å². The number of guanidine groups is 1. The number of methoxy groups -OCH3 is 1. The average Bonchev–Trinajstić information content (AvgIpc) is 2.96. The molecule has 0 aromatic heterocycles. The number of hydrogen-bond acceptors (Lipinski definition) is 3. The molecule has 0 saturated carbocycles. The number of ether oxygens (including phenoxy) is 1. The summed E-state index contributed by atoms with van der Waals surface area (Å²) in [4.78, 5) is 7.30. The second kappa shape index (κ2) is 9.66. The van der Waals surface area contributed by atoms with E-state index in [1.54, 1.807) is 7.11 Å². The third kappa shape index (κ3) is 5.92. The molecule has 2 N–H and O–H groups in total. The van der Waals surface area contributed by atoms with Gasteiger partial charge in [0.2, 0.25) is 0 Å². The molecule has 1 aliphatic rings. The Morgan fingerprint density at radius 1 is 1.36 bits per heavy atom. The lowest BCUT2D eigenvalue weighted by Crippen LogP contribution is -2.46. The van der Waals surface area contributed by atoms with Crippen molar-refractivity contribution in [1.82, 2.24) is 15.5 Å². The number of hydrogen-bond donors (Lipinski definition) is 2. The first-order chi connectivity index (χ1) is 12.0. The van der Waals surface area contributed by atoms with Gasteiger partial charge in [0.15, 0.2) is 5.96 Å². The first-order valence-electron chi connectivity index (χ1n) is 9.45. The van der Waals surface area contributed by atoms with Crippen molar-refractivity contribution >= 4 is 5.96 Å². The second-order valence-corrected chi connectivity index (χ2v) is 7.14. The van der Waals surface area contributed by atoms with Gasteiger partial charge in [0.25, 0.3) is 0 Å². The van der Waals surface area contributed by atoms with Gasteiger partial charge in [0.05, 0.1) is 7.11 Å². The molecule has 1 heterocycles. The van der Waals surface area contributed by atoms with E-state index in [0.717, 1.165) is 44.3 Å². The van der Waals surface area contributed by atoms with Gasteiger partial charge in [-0.05, 0) is 50.8 Å². The lowest BCUT2D eigenvalue weighted by molar-refractivity contribution is 0.265. The van der Waals surface area contributed by atoms with E-state index in [2.05, 4.69) is 55.4 Å². The monoisotopic (exact) mass is 346 g/mol. The summed E-state index contributed by atoms with van der Waals surface area (Å²) < 4.78 is 5.29. The average molecular weight is 347 g/mol. The van der Waals surface area contributed by atoms with E-state index < -0.39 is 0 Å². The molecule has 2 rings (SSSR count). The molecule has 5 nitrogen and oxygen atoms in total. The van der Waals surface area contributed by atoms with Crippen LogP contribution >= 0.6 is 0 Å². The van der Waals surface area contributed by atoms with Crippen LogP contribution in [0.15, 0.2) is 29.3 Å². The molecular formula is C20H34N4O. The lowest BCUT2D eigenvalue weighted by atomic mass is 10.1. The smallest absolute Gasteiger partial charge is 0.191 e. The molecule has 2 atom stereocenters. The van der Waals surface area contributed by atoms with Crippen molar-refractivity contribution in [2.75, 3.05) is 33.3 Å². The first-order valence-corrected chi connectivity index (χ1v) is 9.45. The highest BCUT2D eigenvalue weighted by molar-refractivity contribution is 5.80. The number of nitrogens with zero attached hydrogens (tertiary/aromatic N) is 2. The third-order valence-corrected chi connectivity index (χ3v) is 4.84. The van der Waals surface area contributed by atoms with Gasteiger partial charge in [-0.25, -0.2) is 0 Å². The highest BCUT2D eigenvalue weighted by Gasteiger charge is 2.31.